The van der Waals surface area contributed by atoms with E-state index in [0.717, 1.165) is 23.8 Å². The molecular weight excluding hydrogens is 260 g/mol. The van der Waals surface area contributed by atoms with Crippen molar-refractivity contribution in [1.29, 1.82) is 0 Å². The lowest BCUT2D eigenvalue weighted by molar-refractivity contribution is 0.175. The Morgan fingerprint density at radius 2 is 2.05 bits per heavy atom. The molecule has 3 heterocycles. The predicted molar refractivity (Wildman–Crippen MR) is 79.1 cm³/mol. The zero-order valence-electron chi connectivity index (χ0n) is 11.5. The van der Waals surface area contributed by atoms with Crippen LogP contribution in [-0.2, 0) is 0 Å². The molecule has 0 aliphatic carbocycles. The molecule has 0 aromatic carbocycles. The molecule has 2 saturated heterocycles. The first-order valence-corrected chi connectivity index (χ1v) is 7.85. The quantitative estimate of drug-likeness (QED) is 0.916. The number of likely N-dealkylation sites (tertiary alicyclic amines) is 1. The highest BCUT2D eigenvalue weighted by Gasteiger charge is 2.31. The van der Waals surface area contributed by atoms with Gasteiger partial charge in [0.2, 0.25) is 0 Å². The molecule has 0 saturated carbocycles. The fourth-order valence-corrected chi connectivity index (χ4v) is 4.01. The summed E-state index contributed by atoms with van der Waals surface area (Å²) in [5.74, 6) is 1.27. The number of nitrogens with two attached hydrogens (primary N) is 1. The van der Waals surface area contributed by atoms with Gasteiger partial charge < -0.3 is 15.4 Å². The second-order valence-electron chi connectivity index (χ2n) is 5.39. The van der Waals surface area contributed by atoms with Crippen molar-refractivity contribution < 1.29 is 4.74 Å². The summed E-state index contributed by atoms with van der Waals surface area (Å²) in [5, 5.41) is 1.10. The average Bonchev–Trinajstić information content (AvgIpc) is 3.06. The number of hydrogen-bond donors (Lipinski definition) is 1. The number of aromatic nitrogens is 1. The lowest BCUT2D eigenvalue weighted by atomic mass is 10.1. The Bertz CT molecular complexity index is 430. The van der Waals surface area contributed by atoms with Crippen LogP contribution in [0.3, 0.4) is 0 Å². The highest BCUT2D eigenvalue weighted by Crippen LogP contribution is 2.39. The first kappa shape index (κ1) is 13.0. The smallest absolute Gasteiger partial charge is 0.197 e. The van der Waals surface area contributed by atoms with Crippen LogP contribution in [0.1, 0.15) is 25.7 Å². The van der Waals surface area contributed by atoms with E-state index in [0.29, 0.717) is 11.9 Å². The van der Waals surface area contributed by atoms with Gasteiger partial charge in [-0.25, -0.2) is 0 Å². The molecule has 1 aromatic heterocycles. The number of ether oxygens (including phenoxy) is 1. The zero-order chi connectivity index (χ0) is 13.2. The molecule has 0 bridgehead atoms. The minimum absolute atomic E-state index is 0.518. The van der Waals surface area contributed by atoms with E-state index in [1.165, 1.54) is 50.3 Å². The van der Waals surface area contributed by atoms with E-state index in [-0.39, 0.29) is 0 Å². The summed E-state index contributed by atoms with van der Waals surface area (Å²) in [6, 6.07) is 0.688. The summed E-state index contributed by atoms with van der Waals surface area (Å²) in [5.41, 5.74) is 5.83. The Kier molecular flexibility index (Phi) is 3.79. The van der Waals surface area contributed by atoms with E-state index in [1.807, 2.05) is 0 Å². The summed E-state index contributed by atoms with van der Waals surface area (Å²) in [7, 11) is 1.67. The Morgan fingerprint density at radius 3 is 2.79 bits per heavy atom. The monoisotopic (exact) mass is 282 g/mol. The van der Waals surface area contributed by atoms with Gasteiger partial charge in [0.1, 0.15) is 0 Å². The second kappa shape index (κ2) is 5.54. The third-order valence-corrected chi connectivity index (χ3v) is 5.12. The summed E-state index contributed by atoms with van der Waals surface area (Å²) < 4.78 is 9.59. The Labute approximate surface area is 118 Å². The molecule has 5 nitrogen and oxygen atoms in total. The highest BCUT2D eigenvalue weighted by atomic mass is 32.1. The van der Waals surface area contributed by atoms with Crippen LogP contribution in [0.2, 0.25) is 0 Å². The van der Waals surface area contributed by atoms with Gasteiger partial charge in [0.15, 0.2) is 16.6 Å². The molecule has 2 aliphatic heterocycles. The van der Waals surface area contributed by atoms with Crippen LogP contribution in [0, 0.1) is 0 Å². The van der Waals surface area contributed by atoms with Crippen LogP contribution in [0.15, 0.2) is 0 Å². The summed E-state index contributed by atoms with van der Waals surface area (Å²) in [6.07, 6.45) is 5.34. The molecule has 2 aliphatic rings. The molecule has 1 aromatic rings. The molecule has 2 N–H and O–H groups in total. The predicted octanol–water partition coefficient (Wildman–Crippen LogP) is 1.80. The normalized spacial score (nSPS) is 24.9. The fourth-order valence-electron chi connectivity index (χ4n) is 3.19. The van der Waals surface area contributed by atoms with Gasteiger partial charge in [-0.15, -0.1) is 0 Å². The number of piperidine rings is 1. The number of nitrogens with zero attached hydrogens (tertiary/aromatic N) is 3. The number of methoxy groups -OCH3 is 1. The van der Waals surface area contributed by atoms with Crippen molar-refractivity contribution >= 4 is 22.4 Å². The van der Waals surface area contributed by atoms with Gasteiger partial charge in [0.05, 0.1) is 7.11 Å². The van der Waals surface area contributed by atoms with Crippen molar-refractivity contribution in [3.8, 4) is 5.75 Å². The Morgan fingerprint density at radius 1 is 1.26 bits per heavy atom. The number of nitrogen functional groups attached to an aromatic ring is 1. The standard InChI is InChI=1S/C13H22N4OS/c1-18-11-12(14)15-19-13(11)17-8-5-10(9-17)16-6-3-2-4-7-16/h10H,2-9H2,1H3,(H2,14,15). The van der Waals surface area contributed by atoms with E-state index < -0.39 is 0 Å². The van der Waals surface area contributed by atoms with Crippen LogP contribution in [0.5, 0.6) is 5.75 Å². The third-order valence-electron chi connectivity index (χ3n) is 4.22. The maximum absolute atomic E-state index is 5.83. The molecular formula is C13H22N4OS. The average molecular weight is 282 g/mol. The second-order valence-corrected chi connectivity index (χ2v) is 6.14. The first-order valence-electron chi connectivity index (χ1n) is 7.07. The lowest BCUT2D eigenvalue weighted by Crippen LogP contribution is -2.40. The number of hydrogen-bond acceptors (Lipinski definition) is 6. The third kappa shape index (κ3) is 2.51. The van der Waals surface area contributed by atoms with Crippen molar-refractivity contribution in [1.82, 2.24) is 9.27 Å². The van der Waals surface area contributed by atoms with Crippen molar-refractivity contribution in [2.45, 2.75) is 31.7 Å². The van der Waals surface area contributed by atoms with Crippen LogP contribution >= 0.6 is 11.5 Å². The summed E-state index contributed by atoms with van der Waals surface area (Å²) >= 11 is 1.45. The Balaban J connectivity index is 1.67. The minimum atomic E-state index is 0.518. The van der Waals surface area contributed by atoms with E-state index in [1.54, 1.807) is 7.11 Å². The van der Waals surface area contributed by atoms with Gasteiger partial charge in [-0.05, 0) is 43.9 Å². The maximum atomic E-state index is 5.83. The lowest BCUT2D eigenvalue weighted by Gasteiger charge is -2.32. The van der Waals surface area contributed by atoms with E-state index in [9.17, 15) is 0 Å². The summed E-state index contributed by atoms with van der Waals surface area (Å²) in [6.45, 7) is 4.69. The SMILES string of the molecule is COc1c(N)nsc1N1CCC(N2CCCCC2)C1. The molecule has 19 heavy (non-hydrogen) atoms. The van der Waals surface area contributed by atoms with Gasteiger partial charge in [-0.3, -0.25) is 4.90 Å². The van der Waals surface area contributed by atoms with Crippen molar-refractivity contribution in [2.75, 3.05) is 43.9 Å². The molecule has 3 rings (SSSR count). The van der Waals surface area contributed by atoms with E-state index >= 15 is 0 Å². The molecule has 0 amide bonds. The van der Waals surface area contributed by atoms with Gasteiger partial charge in [0.25, 0.3) is 0 Å². The van der Waals surface area contributed by atoms with Gasteiger partial charge >= 0.3 is 0 Å². The molecule has 0 radical (unpaired) electrons. The van der Waals surface area contributed by atoms with Crippen LogP contribution < -0.4 is 15.4 Å². The van der Waals surface area contributed by atoms with Gasteiger partial charge in [0, 0.05) is 19.1 Å². The van der Waals surface area contributed by atoms with Gasteiger partial charge in [-0.2, -0.15) is 4.37 Å². The van der Waals surface area contributed by atoms with Crippen molar-refractivity contribution in [2.24, 2.45) is 0 Å². The first-order chi connectivity index (χ1) is 9.29. The molecule has 1 atom stereocenters. The minimum Gasteiger partial charge on any atom is -0.490 e. The molecule has 0 spiro atoms. The van der Waals surface area contributed by atoms with E-state index in [4.69, 9.17) is 10.5 Å². The number of rotatable bonds is 3. The largest absolute Gasteiger partial charge is 0.490 e. The Hall–Kier alpha value is -1.01. The maximum Gasteiger partial charge on any atom is 0.197 e. The van der Waals surface area contributed by atoms with Crippen LogP contribution in [0.4, 0.5) is 10.8 Å². The topological polar surface area (TPSA) is 54.6 Å². The molecule has 1 unspecified atom stereocenters. The van der Waals surface area contributed by atoms with Crippen LogP contribution in [-0.4, -0.2) is 48.6 Å². The molecule has 6 heteroatoms. The molecule has 2 fully saturated rings. The van der Waals surface area contributed by atoms with E-state index in [2.05, 4.69) is 14.2 Å². The molecule has 106 valence electrons. The highest BCUT2D eigenvalue weighted by molar-refractivity contribution is 7.11. The zero-order valence-corrected chi connectivity index (χ0v) is 12.3. The van der Waals surface area contributed by atoms with Crippen LogP contribution in [0.25, 0.3) is 0 Å². The van der Waals surface area contributed by atoms with Crippen molar-refractivity contribution in [3.63, 3.8) is 0 Å². The summed E-state index contributed by atoms with van der Waals surface area (Å²) in [4.78, 5) is 5.03. The van der Waals surface area contributed by atoms with Crippen molar-refractivity contribution in [3.05, 3.63) is 0 Å². The van der Waals surface area contributed by atoms with Gasteiger partial charge in [-0.1, -0.05) is 6.42 Å². The number of anilines is 2. The fraction of sp³-hybridized carbons (Fsp3) is 0.769.